The highest BCUT2D eigenvalue weighted by molar-refractivity contribution is 7.20. The molecule has 0 fully saturated rings. The molecule has 3 aromatic rings. The van der Waals surface area contributed by atoms with Crippen molar-refractivity contribution in [2.45, 2.75) is 6.92 Å². The van der Waals surface area contributed by atoms with Crippen LogP contribution < -0.4 is 0 Å². The van der Waals surface area contributed by atoms with Crippen LogP contribution >= 0.6 is 11.3 Å². The first-order valence-electron chi connectivity index (χ1n) is 6.51. The first-order valence-corrected chi connectivity index (χ1v) is 7.33. The van der Waals surface area contributed by atoms with Crippen LogP contribution in [0.5, 0.6) is 0 Å². The molecule has 1 aromatic heterocycles. The van der Waals surface area contributed by atoms with E-state index in [9.17, 15) is 9.90 Å². The topological polar surface area (TPSA) is 50.2 Å². The Balaban J connectivity index is 1.90. The zero-order valence-electron chi connectivity index (χ0n) is 11.4. The number of aromatic nitrogens is 1. The monoisotopic (exact) mass is 295 g/mol. The fraction of sp³-hybridized carbons (Fsp3) is 0.0588. The summed E-state index contributed by atoms with van der Waals surface area (Å²) in [5.74, 6) is -0.325. The van der Waals surface area contributed by atoms with Gasteiger partial charge in [0.05, 0.1) is 10.2 Å². The Hall–Kier alpha value is -2.46. The van der Waals surface area contributed by atoms with Gasteiger partial charge in [-0.3, -0.25) is 4.79 Å². The molecule has 21 heavy (non-hydrogen) atoms. The lowest BCUT2D eigenvalue weighted by atomic mass is 10.1. The molecular formula is C17H13NO2S. The number of carbonyl (C=O) groups excluding carboxylic acids is 1. The van der Waals surface area contributed by atoms with Gasteiger partial charge in [0.2, 0.25) is 5.78 Å². The van der Waals surface area contributed by atoms with E-state index in [-0.39, 0.29) is 11.5 Å². The third kappa shape index (κ3) is 2.85. The number of thiazole rings is 1. The highest BCUT2D eigenvalue weighted by Gasteiger charge is 2.11. The van der Waals surface area contributed by atoms with Gasteiger partial charge in [0.25, 0.3) is 0 Å². The molecule has 0 spiro atoms. The second-order valence-corrected chi connectivity index (χ2v) is 5.78. The van der Waals surface area contributed by atoms with Crippen molar-refractivity contribution in [1.29, 1.82) is 0 Å². The maximum atomic E-state index is 12.2. The largest absolute Gasteiger partial charge is 0.507 e. The average Bonchev–Trinajstić information content (AvgIpc) is 2.92. The summed E-state index contributed by atoms with van der Waals surface area (Å²) in [6, 6.07) is 14.9. The van der Waals surface area contributed by atoms with Crippen molar-refractivity contribution in [3.8, 4) is 0 Å². The summed E-state index contributed by atoms with van der Waals surface area (Å²) in [6.07, 6.45) is 1.22. The number of aliphatic hydroxyl groups excluding tert-OH is 1. The lowest BCUT2D eigenvalue weighted by Gasteiger charge is -2.00. The van der Waals surface area contributed by atoms with Crippen LogP contribution in [0.15, 0.2) is 54.6 Å². The van der Waals surface area contributed by atoms with E-state index >= 15 is 0 Å². The number of aliphatic hydroxyl groups is 1. The maximum absolute atomic E-state index is 12.2. The Labute approximate surface area is 126 Å². The van der Waals surface area contributed by atoms with Gasteiger partial charge in [-0.2, -0.15) is 0 Å². The Morgan fingerprint density at radius 3 is 2.57 bits per heavy atom. The van der Waals surface area contributed by atoms with Crippen LogP contribution in [0.25, 0.3) is 16.0 Å². The second-order valence-electron chi connectivity index (χ2n) is 4.75. The van der Waals surface area contributed by atoms with Gasteiger partial charge < -0.3 is 5.11 Å². The molecule has 0 aliphatic rings. The minimum absolute atomic E-state index is 0.0424. The summed E-state index contributed by atoms with van der Waals surface area (Å²) in [5.41, 5.74) is 2.52. The van der Waals surface area contributed by atoms with Crippen molar-refractivity contribution in [3.05, 3.63) is 70.7 Å². The SMILES string of the molecule is Cc1ccc(C(O)=CC(=O)c2nc3ccccc3s2)cc1. The van der Waals surface area contributed by atoms with Gasteiger partial charge >= 0.3 is 0 Å². The first-order chi connectivity index (χ1) is 10.1. The number of fused-ring (bicyclic) bond motifs is 1. The number of hydrogen-bond donors (Lipinski definition) is 1. The molecule has 0 aliphatic heterocycles. The van der Waals surface area contributed by atoms with Crippen LogP contribution in [0, 0.1) is 6.92 Å². The van der Waals surface area contributed by atoms with Gasteiger partial charge in [0.1, 0.15) is 5.76 Å². The van der Waals surface area contributed by atoms with E-state index in [2.05, 4.69) is 4.98 Å². The van der Waals surface area contributed by atoms with Crippen LogP contribution in [0.2, 0.25) is 0 Å². The highest BCUT2D eigenvalue weighted by Crippen LogP contribution is 2.23. The third-order valence-electron chi connectivity index (χ3n) is 3.12. The molecule has 0 unspecified atom stereocenters. The maximum Gasteiger partial charge on any atom is 0.218 e. The summed E-state index contributed by atoms with van der Waals surface area (Å²) in [5, 5.41) is 10.4. The van der Waals surface area contributed by atoms with Gasteiger partial charge in [0.15, 0.2) is 5.01 Å². The standard InChI is InChI=1S/C17H13NO2S/c1-11-6-8-12(9-7-11)14(19)10-15(20)17-18-13-4-2-3-5-16(13)21-17/h2-10,19H,1H3. The van der Waals surface area contributed by atoms with E-state index in [1.54, 1.807) is 12.1 Å². The highest BCUT2D eigenvalue weighted by atomic mass is 32.1. The van der Waals surface area contributed by atoms with Gasteiger partial charge in [-0.15, -0.1) is 11.3 Å². The minimum Gasteiger partial charge on any atom is -0.507 e. The third-order valence-corrected chi connectivity index (χ3v) is 4.17. The van der Waals surface area contributed by atoms with Gasteiger partial charge in [-0.05, 0) is 19.1 Å². The van der Waals surface area contributed by atoms with Gasteiger partial charge in [-0.1, -0.05) is 42.0 Å². The molecule has 0 bridgehead atoms. The lowest BCUT2D eigenvalue weighted by Crippen LogP contribution is -1.95. The van der Waals surface area contributed by atoms with Crippen LogP contribution in [-0.2, 0) is 0 Å². The molecule has 3 rings (SSSR count). The van der Waals surface area contributed by atoms with E-state index in [0.29, 0.717) is 10.6 Å². The number of benzene rings is 2. The van der Waals surface area contributed by atoms with Gasteiger partial charge in [-0.25, -0.2) is 4.98 Å². The molecule has 0 amide bonds. The fourth-order valence-corrected chi connectivity index (χ4v) is 2.85. The minimum atomic E-state index is -0.283. The first kappa shape index (κ1) is 13.5. The molecule has 0 saturated heterocycles. The smallest absolute Gasteiger partial charge is 0.218 e. The number of nitrogens with zero attached hydrogens (tertiary/aromatic N) is 1. The molecule has 1 N–H and O–H groups in total. The number of rotatable bonds is 3. The molecule has 3 nitrogen and oxygen atoms in total. The molecule has 0 radical (unpaired) electrons. The molecule has 4 heteroatoms. The van der Waals surface area contributed by atoms with Crippen molar-refractivity contribution < 1.29 is 9.90 Å². The van der Waals surface area contributed by atoms with E-state index in [1.807, 2.05) is 43.3 Å². The molecule has 1 heterocycles. The number of aryl methyl sites for hydroxylation is 1. The van der Waals surface area contributed by atoms with Crippen molar-refractivity contribution in [1.82, 2.24) is 4.98 Å². The fourth-order valence-electron chi connectivity index (χ4n) is 1.97. The zero-order chi connectivity index (χ0) is 14.8. The number of para-hydroxylation sites is 1. The van der Waals surface area contributed by atoms with E-state index in [1.165, 1.54) is 17.4 Å². The van der Waals surface area contributed by atoms with Crippen molar-refractivity contribution >= 4 is 33.1 Å². The molecule has 0 saturated carbocycles. The quantitative estimate of drug-likeness (QED) is 0.443. The average molecular weight is 295 g/mol. The summed E-state index contributed by atoms with van der Waals surface area (Å²) in [6.45, 7) is 1.97. The number of ketones is 1. The number of allylic oxidation sites excluding steroid dienone is 1. The number of carbonyl (C=O) groups is 1. The summed E-state index contributed by atoms with van der Waals surface area (Å²) < 4.78 is 0.962. The van der Waals surface area contributed by atoms with Crippen molar-refractivity contribution in [3.63, 3.8) is 0 Å². The summed E-state index contributed by atoms with van der Waals surface area (Å²) in [4.78, 5) is 16.5. The molecular weight excluding hydrogens is 282 g/mol. The van der Waals surface area contributed by atoms with Crippen LogP contribution in [0.3, 0.4) is 0 Å². The number of hydrogen-bond acceptors (Lipinski definition) is 4. The second kappa shape index (κ2) is 5.50. The predicted octanol–water partition coefficient (Wildman–Crippen LogP) is 4.39. The molecule has 0 aliphatic carbocycles. The van der Waals surface area contributed by atoms with E-state index < -0.39 is 0 Å². The Morgan fingerprint density at radius 1 is 1.14 bits per heavy atom. The van der Waals surface area contributed by atoms with Crippen molar-refractivity contribution in [2.24, 2.45) is 0 Å². The lowest BCUT2D eigenvalue weighted by molar-refractivity contribution is 0.104. The van der Waals surface area contributed by atoms with Crippen LogP contribution in [-0.4, -0.2) is 15.9 Å². The molecule has 104 valence electrons. The van der Waals surface area contributed by atoms with Crippen LogP contribution in [0.4, 0.5) is 0 Å². The van der Waals surface area contributed by atoms with Crippen LogP contribution in [0.1, 0.15) is 20.9 Å². The van der Waals surface area contributed by atoms with Crippen molar-refractivity contribution in [2.75, 3.05) is 0 Å². The predicted molar refractivity (Wildman–Crippen MR) is 85.7 cm³/mol. The summed E-state index contributed by atoms with van der Waals surface area (Å²) >= 11 is 1.33. The molecule has 0 atom stereocenters. The summed E-state index contributed by atoms with van der Waals surface area (Å²) in [7, 11) is 0. The van der Waals surface area contributed by atoms with E-state index in [0.717, 1.165) is 15.8 Å². The Kier molecular flexibility index (Phi) is 3.54. The Bertz CT molecular complexity index is 798. The normalized spacial score (nSPS) is 11.8. The molecule has 2 aromatic carbocycles. The zero-order valence-corrected chi connectivity index (χ0v) is 12.2. The van der Waals surface area contributed by atoms with Gasteiger partial charge in [0, 0.05) is 11.6 Å². The Morgan fingerprint density at radius 2 is 1.86 bits per heavy atom. The van der Waals surface area contributed by atoms with E-state index in [4.69, 9.17) is 0 Å².